The van der Waals surface area contributed by atoms with Gasteiger partial charge in [-0.2, -0.15) is 0 Å². The van der Waals surface area contributed by atoms with Gasteiger partial charge in [-0.3, -0.25) is 0 Å². The molecule has 0 fully saturated rings. The Balaban J connectivity index is -0.0000000412. The normalized spacial score (nSPS) is 6.70. The summed E-state index contributed by atoms with van der Waals surface area (Å²) in [6.07, 6.45) is 4.19. The van der Waals surface area contributed by atoms with Crippen molar-refractivity contribution >= 4 is 4.08 Å². The molecule has 0 aliphatic carbocycles. The summed E-state index contributed by atoms with van der Waals surface area (Å²) in [5.74, 6) is 0. The van der Waals surface area contributed by atoms with Gasteiger partial charge in [0.2, 0.25) is 0 Å². The van der Waals surface area contributed by atoms with Crippen molar-refractivity contribution in [3.8, 4) is 0 Å². The SMILES string of the molecule is CO[C](=[W])/C=C/C(C)(C)C.[C-]#[O+].[C-]#[O+].[C-]#[O+].[C-]#[O+].[C-]#[O+]. The zero-order valence-corrected chi connectivity index (χ0v) is 14.4. The summed E-state index contributed by atoms with van der Waals surface area (Å²) >= 11 is 1.37. The first kappa shape index (κ1) is 36.4. The summed E-state index contributed by atoms with van der Waals surface area (Å²) < 4.78 is 43.5. The summed E-state index contributed by atoms with van der Waals surface area (Å²) in [6.45, 7) is 29.0. The Kier molecular flexibility index (Phi) is 78.3. The van der Waals surface area contributed by atoms with Crippen LogP contribution in [0.5, 0.6) is 0 Å². The van der Waals surface area contributed by atoms with Crippen molar-refractivity contribution in [2.45, 2.75) is 20.8 Å². The van der Waals surface area contributed by atoms with E-state index in [-0.39, 0.29) is 5.41 Å². The molecule has 0 saturated heterocycles. The molecule has 0 aromatic rings. The first-order valence-electron chi connectivity index (χ1n) is 4.25. The molecule has 6 nitrogen and oxygen atoms in total. The molecule has 0 aliphatic rings. The molecular weight excluding hydrogens is 436 g/mol. The standard InChI is InChI=1S/C8H14O.5CO.W/c1-8(2,3)6-5-7-9-4;5*1-2;/h5-6H,1-4H3;;;;;;/b6-5+;;;;;;. The van der Waals surface area contributed by atoms with Crippen molar-refractivity contribution in [3.05, 3.63) is 45.4 Å². The summed E-state index contributed by atoms with van der Waals surface area (Å²) in [7, 11) is 1.70. The van der Waals surface area contributed by atoms with Crippen LogP contribution < -0.4 is 0 Å². The van der Waals surface area contributed by atoms with Crippen LogP contribution in [0.15, 0.2) is 12.2 Å². The Morgan fingerprint density at radius 2 is 1.10 bits per heavy atom. The first-order chi connectivity index (χ1) is 9.45. The predicted octanol–water partition coefficient (Wildman–Crippen LogP) is 1.72. The van der Waals surface area contributed by atoms with Crippen LogP contribution in [0.2, 0.25) is 0 Å². The zero-order valence-electron chi connectivity index (χ0n) is 11.5. The molecule has 0 aromatic carbocycles. The molecule has 0 atom stereocenters. The Hall–Kier alpha value is -1.04. The molecular formula is C13H14O6W. The van der Waals surface area contributed by atoms with Crippen LogP contribution >= 0.6 is 0 Å². The van der Waals surface area contributed by atoms with Gasteiger partial charge < -0.3 is 0 Å². The number of ether oxygens (including phenoxy) is 1. The third-order valence-corrected chi connectivity index (χ3v) is 2.01. The van der Waals surface area contributed by atoms with Gasteiger partial charge in [-0.25, -0.2) is 0 Å². The molecule has 0 radical (unpaired) electrons. The van der Waals surface area contributed by atoms with Crippen molar-refractivity contribution in [1.82, 2.24) is 0 Å². The van der Waals surface area contributed by atoms with Crippen molar-refractivity contribution in [2.75, 3.05) is 7.11 Å². The average Bonchev–Trinajstić information content (AvgIpc) is 2.54. The van der Waals surface area contributed by atoms with Gasteiger partial charge in [-0.05, 0) is 0 Å². The Bertz CT molecular complexity index is 280. The molecule has 0 unspecified atom stereocenters. The molecule has 0 bridgehead atoms. The number of rotatable bonds is 2. The van der Waals surface area contributed by atoms with E-state index in [4.69, 9.17) is 28.0 Å². The molecule has 0 N–H and O–H groups in total. The number of hydrogen-bond donors (Lipinski definition) is 0. The van der Waals surface area contributed by atoms with Crippen molar-refractivity contribution in [1.29, 1.82) is 0 Å². The molecule has 0 heterocycles. The van der Waals surface area contributed by atoms with Gasteiger partial charge in [-0.15, -0.1) is 0 Å². The Morgan fingerprint density at radius 1 is 0.850 bits per heavy atom. The van der Waals surface area contributed by atoms with Crippen LogP contribution in [0.1, 0.15) is 20.8 Å². The van der Waals surface area contributed by atoms with Gasteiger partial charge in [0.25, 0.3) is 0 Å². The summed E-state index contributed by atoms with van der Waals surface area (Å²) in [5, 5.41) is 0. The van der Waals surface area contributed by atoms with E-state index < -0.39 is 0 Å². The van der Waals surface area contributed by atoms with Gasteiger partial charge in [-0.1, -0.05) is 0 Å². The van der Waals surface area contributed by atoms with Crippen molar-refractivity contribution < 1.29 is 47.4 Å². The topological polar surface area (TPSA) is 109 Å². The van der Waals surface area contributed by atoms with E-state index in [2.05, 4.69) is 60.1 Å². The van der Waals surface area contributed by atoms with Crippen LogP contribution in [0.4, 0.5) is 0 Å². The molecule has 0 aromatic heterocycles. The minimum absolute atomic E-state index is 0.263. The van der Waals surface area contributed by atoms with Crippen LogP contribution in [-0.4, -0.2) is 11.2 Å². The molecule has 0 spiro atoms. The molecule has 108 valence electrons. The van der Waals surface area contributed by atoms with Crippen LogP contribution in [-0.2, 0) is 47.4 Å². The van der Waals surface area contributed by atoms with Crippen LogP contribution in [0.25, 0.3) is 0 Å². The van der Waals surface area contributed by atoms with Gasteiger partial charge >= 0.3 is 130 Å². The second kappa shape index (κ2) is 43.0. The maximum atomic E-state index is 7.50. The number of hydrogen-bond acceptors (Lipinski definition) is 1. The molecule has 0 amide bonds. The fourth-order valence-electron chi connectivity index (χ4n) is 0.386. The van der Waals surface area contributed by atoms with E-state index in [0.29, 0.717) is 0 Å². The maximum absolute atomic E-state index is 7.50. The summed E-state index contributed by atoms with van der Waals surface area (Å²) in [4.78, 5) is 0. The molecule has 7 heteroatoms. The fraction of sp³-hybridized carbons (Fsp3) is 0.385. The second-order valence-electron chi connectivity index (χ2n) is 3.22. The van der Waals surface area contributed by atoms with Crippen molar-refractivity contribution in [2.24, 2.45) is 5.41 Å². The summed E-state index contributed by atoms with van der Waals surface area (Å²) in [5.41, 5.74) is 0.263. The van der Waals surface area contributed by atoms with E-state index in [9.17, 15) is 0 Å². The van der Waals surface area contributed by atoms with E-state index in [1.54, 1.807) is 7.11 Å². The third-order valence-electron chi connectivity index (χ3n) is 0.921. The average molecular weight is 450 g/mol. The first-order valence-corrected chi connectivity index (χ1v) is 5.71. The Morgan fingerprint density at radius 3 is 1.25 bits per heavy atom. The molecule has 0 saturated carbocycles. The molecule has 0 rings (SSSR count). The minimum atomic E-state index is 0.263. The number of methoxy groups -OCH3 is 1. The van der Waals surface area contributed by atoms with Gasteiger partial charge in [0.15, 0.2) is 0 Å². The monoisotopic (exact) mass is 450 g/mol. The third kappa shape index (κ3) is 89.2. The van der Waals surface area contributed by atoms with E-state index in [0.717, 1.165) is 4.08 Å². The Labute approximate surface area is 130 Å². The van der Waals surface area contributed by atoms with Crippen molar-refractivity contribution in [3.63, 3.8) is 0 Å². The van der Waals surface area contributed by atoms with E-state index >= 15 is 0 Å². The fourth-order valence-corrected chi connectivity index (χ4v) is 0.631. The molecule has 0 aliphatic heterocycles. The zero-order chi connectivity index (χ0) is 18.2. The van der Waals surface area contributed by atoms with Gasteiger partial charge in [0.05, 0.1) is 0 Å². The predicted molar refractivity (Wildman–Crippen MR) is 60.3 cm³/mol. The van der Waals surface area contributed by atoms with Crippen LogP contribution in [0.3, 0.4) is 0 Å². The van der Waals surface area contributed by atoms with Gasteiger partial charge in [0, 0.05) is 0 Å². The summed E-state index contributed by atoms with van der Waals surface area (Å²) in [6, 6.07) is 0. The molecule has 20 heavy (non-hydrogen) atoms. The quantitative estimate of drug-likeness (QED) is 0.464. The van der Waals surface area contributed by atoms with Crippen LogP contribution in [0, 0.1) is 38.7 Å². The van der Waals surface area contributed by atoms with E-state index in [1.165, 1.54) is 19.4 Å². The second-order valence-corrected chi connectivity index (χ2v) is 4.67. The van der Waals surface area contributed by atoms with E-state index in [1.807, 2.05) is 6.08 Å². The van der Waals surface area contributed by atoms with Gasteiger partial charge in [0.1, 0.15) is 0 Å². The number of allylic oxidation sites excluding steroid dienone is 1.